The Hall–Kier alpha value is -0.630. The Balaban J connectivity index is 0.000000561. The Morgan fingerprint density at radius 3 is 2.25 bits per heavy atom. The summed E-state index contributed by atoms with van der Waals surface area (Å²) in [6, 6.07) is 3.33. The van der Waals surface area contributed by atoms with Crippen molar-refractivity contribution in [2.75, 3.05) is 0 Å². The van der Waals surface area contributed by atoms with Crippen LogP contribution in [0.2, 0.25) is 0 Å². The molecule has 0 spiro atoms. The zero-order chi connectivity index (χ0) is 9.56. The maximum Gasteiger partial charge on any atom is 0.130 e. The smallest absolute Gasteiger partial charge is 0.130 e. The predicted molar refractivity (Wildman–Crippen MR) is 47.3 cm³/mol. The number of alkyl halides is 1. The zero-order valence-corrected chi connectivity index (χ0v) is 7.83. The van der Waals surface area contributed by atoms with E-state index in [4.69, 9.17) is 11.6 Å². The number of hydrogen-bond acceptors (Lipinski definition) is 0. The first kappa shape index (κ1) is 11.4. The third-order valence-electron chi connectivity index (χ3n) is 1.16. The van der Waals surface area contributed by atoms with Crippen molar-refractivity contribution in [3.05, 3.63) is 35.4 Å². The molecule has 0 aliphatic rings. The average Bonchev–Trinajstić information content (AvgIpc) is 2.08. The van der Waals surface area contributed by atoms with Crippen LogP contribution in [0.1, 0.15) is 19.4 Å². The molecule has 0 saturated carbocycles. The molecule has 0 radical (unpaired) electrons. The van der Waals surface area contributed by atoms with Gasteiger partial charge in [0.2, 0.25) is 0 Å². The molecule has 12 heavy (non-hydrogen) atoms. The molecule has 1 rings (SSSR count). The molecule has 0 heterocycles. The summed E-state index contributed by atoms with van der Waals surface area (Å²) in [5, 5.41) is 0. The first-order valence-electron chi connectivity index (χ1n) is 3.74. The second kappa shape index (κ2) is 5.95. The molecular weight excluding hydrogens is 182 g/mol. The Kier molecular flexibility index (Phi) is 5.64. The van der Waals surface area contributed by atoms with Gasteiger partial charge in [-0.15, -0.1) is 11.6 Å². The lowest BCUT2D eigenvalue weighted by atomic mass is 10.2. The van der Waals surface area contributed by atoms with E-state index in [0.717, 1.165) is 6.07 Å². The van der Waals surface area contributed by atoms with Gasteiger partial charge in [-0.3, -0.25) is 0 Å². The molecule has 68 valence electrons. The summed E-state index contributed by atoms with van der Waals surface area (Å²) in [6.45, 7) is 4.00. The summed E-state index contributed by atoms with van der Waals surface area (Å²) in [4.78, 5) is 0. The average molecular weight is 193 g/mol. The standard InChI is InChI=1S/C7H5ClF2.C2H6/c8-4-5-1-2-6(9)3-7(5)10;1-2/h1-3H,4H2;1-2H3. The van der Waals surface area contributed by atoms with Crippen molar-refractivity contribution >= 4 is 11.6 Å². The highest BCUT2D eigenvalue weighted by atomic mass is 35.5. The molecule has 0 bridgehead atoms. The monoisotopic (exact) mass is 192 g/mol. The zero-order valence-electron chi connectivity index (χ0n) is 7.07. The molecule has 0 unspecified atom stereocenters. The number of rotatable bonds is 1. The largest absolute Gasteiger partial charge is 0.207 e. The van der Waals surface area contributed by atoms with E-state index in [2.05, 4.69) is 0 Å². The third-order valence-corrected chi connectivity index (χ3v) is 1.45. The summed E-state index contributed by atoms with van der Waals surface area (Å²) in [5.41, 5.74) is 0.322. The highest BCUT2D eigenvalue weighted by Crippen LogP contribution is 2.10. The number of hydrogen-bond donors (Lipinski definition) is 0. The van der Waals surface area contributed by atoms with Crippen LogP contribution in [0.5, 0.6) is 0 Å². The summed E-state index contributed by atoms with van der Waals surface area (Å²) in [6.07, 6.45) is 0. The van der Waals surface area contributed by atoms with Crippen LogP contribution >= 0.6 is 11.6 Å². The molecule has 0 atom stereocenters. The minimum Gasteiger partial charge on any atom is -0.207 e. The summed E-state index contributed by atoms with van der Waals surface area (Å²) < 4.78 is 24.7. The fraction of sp³-hybridized carbons (Fsp3) is 0.333. The van der Waals surface area contributed by atoms with Gasteiger partial charge in [0.1, 0.15) is 11.6 Å². The van der Waals surface area contributed by atoms with Crippen molar-refractivity contribution in [3.8, 4) is 0 Å². The van der Waals surface area contributed by atoms with E-state index < -0.39 is 11.6 Å². The Bertz CT molecular complexity index is 236. The van der Waals surface area contributed by atoms with E-state index in [9.17, 15) is 8.78 Å². The molecule has 0 aliphatic carbocycles. The Morgan fingerprint density at radius 2 is 1.83 bits per heavy atom. The highest BCUT2D eigenvalue weighted by Gasteiger charge is 2.00. The van der Waals surface area contributed by atoms with Crippen molar-refractivity contribution in [3.63, 3.8) is 0 Å². The molecule has 0 saturated heterocycles. The van der Waals surface area contributed by atoms with Crippen molar-refractivity contribution in [2.24, 2.45) is 0 Å². The fourth-order valence-electron chi connectivity index (χ4n) is 0.630. The second-order valence-electron chi connectivity index (χ2n) is 1.87. The van der Waals surface area contributed by atoms with Gasteiger partial charge < -0.3 is 0 Å². The molecule has 1 aromatic rings. The Morgan fingerprint density at radius 1 is 1.25 bits per heavy atom. The third kappa shape index (κ3) is 3.18. The fourth-order valence-corrected chi connectivity index (χ4v) is 0.847. The van der Waals surface area contributed by atoms with Gasteiger partial charge in [0.05, 0.1) is 5.88 Å². The maximum absolute atomic E-state index is 12.5. The van der Waals surface area contributed by atoms with Crippen molar-refractivity contribution in [1.82, 2.24) is 0 Å². The van der Waals surface area contributed by atoms with Gasteiger partial charge in [0, 0.05) is 11.6 Å². The Labute approximate surface area is 76.2 Å². The number of halogens is 3. The van der Waals surface area contributed by atoms with Crippen LogP contribution in [0.15, 0.2) is 18.2 Å². The van der Waals surface area contributed by atoms with Crippen LogP contribution in [-0.4, -0.2) is 0 Å². The number of benzene rings is 1. The van der Waals surface area contributed by atoms with Crippen LogP contribution in [0.4, 0.5) is 8.78 Å². The normalized spacial score (nSPS) is 8.75. The van der Waals surface area contributed by atoms with Crippen molar-refractivity contribution in [1.29, 1.82) is 0 Å². The minimum absolute atomic E-state index is 0.0755. The molecular formula is C9H11ClF2. The van der Waals surface area contributed by atoms with E-state index in [1.165, 1.54) is 12.1 Å². The first-order chi connectivity index (χ1) is 5.74. The van der Waals surface area contributed by atoms with Crippen LogP contribution in [0.3, 0.4) is 0 Å². The quantitative estimate of drug-likeness (QED) is 0.595. The maximum atomic E-state index is 12.5. The molecule has 0 fully saturated rings. The molecule has 3 heteroatoms. The van der Waals surface area contributed by atoms with Crippen molar-refractivity contribution < 1.29 is 8.78 Å². The molecule has 0 amide bonds. The lowest BCUT2D eigenvalue weighted by molar-refractivity contribution is 0.576. The van der Waals surface area contributed by atoms with Crippen LogP contribution in [0.25, 0.3) is 0 Å². The summed E-state index contributed by atoms with van der Waals surface area (Å²) >= 11 is 5.32. The van der Waals surface area contributed by atoms with Crippen molar-refractivity contribution in [2.45, 2.75) is 19.7 Å². The van der Waals surface area contributed by atoms with E-state index in [-0.39, 0.29) is 5.88 Å². The SMILES string of the molecule is CC.Fc1ccc(CCl)c(F)c1. The van der Waals surface area contributed by atoms with Gasteiger partial charge in [0.25, 0.3) is 0 Å². The van der Waals surface area contributed by atoms with Gasteiger partial charge >= 0.3 is 0 Å². The molecule has 0 aliphatic heterocycles. The first-order valence-corrected chi connectivity index (χ1v) is 4.27. The van der Waals surface area contributed by atoms with Gasteiger partial charge in [-0.2, -0.15) is 0 Å². The molecule has 0 N–H and O–H groups in total. The van der Waals surface area contributed by atoms with E-state index in [0.29, 0.717) is 5.56 Å². The van der Waals surface area contributed by atoms with Crippen LogP contribution < -0.4 is 0 Å². The summed E-state index contributed by atoms with van der Waals surface area (Å²) in [5.74, 6) is -1.09. The van der Waals surface area contributed by atoms with Crippen LogP contribution in [0, 0.1) is 11.6 Å². The van der Waals surface area contributed by atoms with E-state index in [1.54, 1.807) is 0 Å². The minimum atomic E-state index is -0.588. The van der Waals surface area contributed by atoms with Gasteiger partial charge in [-0.05, 0) is 6.07 Å². The second-order valence-corrected chi connectivity index (χ2v) is 2.14. The lowest BCUT2D eigenvalue weighted by Gasteiger charge is -1.95. The van der Waals surface area contributed by atoms with Gasteiger partial charge in [-0.1, -0.05) is 19.9 Å². The van der Waals surface area contributed by atoms with Crippen LogP contribution in [-0.2, 0) is 5.88 Å². The lowest BCUT2D eigenvalue weighted by Crippen LogP contribution is -1.86. The molecule has 1 aromatic carbocycles. The molecule has 0 nitrogen and oxygen atoms in total. The topological polar surface area (TPSA) is 0 Å². The summed E-state index contributed by atoms with van der Waals surface area (Å²) in [7, 11) is 0. The van der Waals surface area contributed by atoms with E-state index in [1.807, 2.05) is 13.8 Å². The predicted octanol–water partition coefficient (Wildman–Crippen LogP) is 3.73. The van der Waals surface area contributed by atoms with E-state index >= 15 is 0 Å². The molecule has 0 aromatic heterocycles. The van der Waals surface area contributed by atoms with Gasteiger partial charge in [-0.25, -0.2) is 8.78 Å². The van der Waals surface area contributed by atoms with Gasteiger partial charge in [0.15, 0.2) is 0 Å². The highest BCUT2D eigenvalue weighted by molar-refractivity contribution is 6.17.